The highest BCUT2D eigenvalue weighted by molar-refractivity contribution is 6.00. The average molecular weight is 758 g/mol. The van der Waals surface area contributed by atoms with Crippen LogP contribution < -0.4 is 15.8 Å². The fourth-order valence-electron chi connectivity index (χ4n) is 8.21. The number of primary amides is 1. The Hall–Kier alpha value is -5.26. The van der Waals surface area contributed by atoms with Crippen molar-refractivity contribution in [3.8, 4) is 16.9 Å². The minimum atomic E-state index is -0.574. The summed E-state index contributed by atoms with van der Waals surface area (Å²) in [6.07, 6.45) is 8.11. The van der Waals surface area contributed by atoms with Gasteiger partial charge in [-0.25, -0.2) is 9.67 Å². The summed E-state index contributed by atoms with van der Waals surface area (Å²) in [4.78, 5) is 36.8. The predicted molar refractivity (Wildman–Crippen MR) is 221 cm³/mol. The van der Waals surface area contributed by atoms with Crippen molar-refractivity contribution in [1.29, 1.82) is 0 Å². The molecule has 2 aromatic heterocycles. The summed E-state index contributed by atoms with van der Waals surface area (Å²) in [7, 11) is 1.70. The first-order chi connectivity index (χ1) is 27.2. The molecule has 56 heavy (non-hydrogen) atoms. The maximum absolute atomic E-state index is 14.9. The van der Waals surface area contributed by atoms with E-state index in [0.29, 0.717) is 43.9 Å². The predicted octanol–water partition coefficient (Wildman–Crippen LogP) is 7.52. The first-order valence-corrected chi connectivity index (χ1v) is 20.2. The van der Waals surface area contributed by atoms with Gasteiger partial charge in [0.2, 0.25) is 5.91 Å². The second-order valence-electron chi connectivity index (χ2n) is 15.2. The van der Waals surface area contributed by atoms with Crippen LogP contribution in [0.15, 0.2) is 66.9 Å². The van der Waals surface area contributed by atoms with Crippen LogP contribution in [0.5, 0.6) is 5.75 Å². The number of rotatable bonds is 14. The molecule has 0 spiro atoms. The molecule has 4 heterocycles. The lowest BCUT2D eigenvalue weighted by atomic mass is 9.98. The highest BCUT2D eigenvalue weighted by Gasteiger charge is 2.26. The van der Waals surface area contributed by atoms with Crippen LogP contribution in [0.2, 0.25) is 0 Å². The van der Waals surface area contributed by atoms with Gasteiger partial charge in [0.05, 0.1) is 30.9 Å². The Kier molecular flexibility index (Phi) is 12.3. The van der Waals surface area contributed by atoms with Crippen LogP contribution >= 0.6 is 0 Å². The number of nitrogens with two attached hydrogens (primary N) is 1. The lowest BCUT2D eigenvalue weighted by Crippen LogP contribution is -2.33. The van der Waals surface area contributed by atoms with Crippen molar-refractivity contribution in [2.75, 3.05) is 38.7 Å². The van der Waals surface area contributed by atoms with Gasteiger partial charge in [0.1, 0.15) is 5.75 Å². The van der Waals surface area contributed by atoms with Gasteiger partial charge in [-0.3, -0.25) is 14.5 Å². The number of carbonyl (C=O) groups is 2. The third-order valence-electron chi connectivity index (χ3n) is 11.2. The van der Waals surface area contributed by atoms with Gasteiger partial charge in [-0.1, -0.05) is 37.6 Å². The first kappa shape index (κ1) is 39.0. The molecule has 5 aromatic rings. The van der Waals surface area contributed by atoms with Crippen molar-refractivity contribution in [1.82, 2.24) is 24.6 Å². The molecule has 3 N–H and O–H groups in total. The first-order valence-electron chi connectivity index (χ1n) is 20.2. The number of piperidine rings is 1. The molecule has 2 aliphatic heterocycles. The average Bonchev–Trinajstić information content (AvgIpc) is 3.64. The van der Waals surface area contributed by atoms with Crippen molar-refractivity contribution in [2.24, 2.45) is 5.73 Å². The zero-order chi connectivity index (χ0) is 39.2. The summed E-state index contributed by atoms with van der Waals surface area (Å²) < 4.78 is 13.5. The Morgan fingerprint density at radius 1 is 0.964 bits per heavy atom. The molecule has 0 bridgehead atoms. The normalized spacial score (nSPS) is 15.2. The quantitative estimate of drug-likeness (QED) is 0.119. The number of methoxy groups -OCH3 is 1. The number of hydrogen-bond donors (Lipinski definition) is 2. The molecule has 0 atom stereocenters. The van der Waals surface area contributed by atoms with E-state index < -0.39 is 5.91 Å². The van der Waals surface area contributed by atoms with Gasteiger partial charge < -0.3 is 25.4 Å². The van der Waals surface area contributed by atoms with E-state index >= 15 is 0 Å². The van der Waals surface area contributed by atoms with Gasteiger partial charge in [0.15, 0.2) is 5.65 Å². The molecule has 11 heteroatoms. The van der Waals surface area contributed by atoms with E-state index in [2.05, 4.69) is 54.4 Å². The third-order valence-corrected chi connectivity index (χ3v) is 11.2. The molecule has 7 rings (SSSR count). The number of amides is 2. The van der Waals surface area contributed by atoms with E-state index in [0.717, 1.165) is 88.5 Å². The number of benzene rings is 3. The van der Waals surface area contributed by atoms with E-state index in [1.54, 1.807) is 19.2 Å². The van der Waals surface area contributed by atoms with Crippen molar-refractivity contribution in [3.63, 3.8) is 0 Å². The topological polar surface area (TPSA) is 128 Å². The number of aromatic nitrogens is 3. The van der Waals surface area contributed by atoms with Crippen LogP contribution in [0.25, 0.3) is 22.2 Å². The second kappa shape index (κ2) is 17.7. The number of anilines is 1. The highest BCUT2D eigenvalue weighted by atomic mass is 16.5. The standard InChI is InChI=1S/C45H55N7O4/c1-5-40-39(42(48-36-15-19-56-20-16-36)38-26-47-52(6-2)44(38)49-40)29-51(45(54)35-22-30(3)21-34(25-35)43(46)53)28-32-13-14-41(55-4)37(24-32)33-12-10-11-31(23-33)27-50-17-8-7-9-18-50/h10-14,21-26,36H,5-9,15-20,27-29H2,1-4H3,(H2,46,53)(H,48,49). The Bertz CT molecular complexity index is 2190. The Morgan fingerprint density at radius 2 is 1.75 bits per heavy atom. The van der Waals surface area contributed by atoms with Gasteiger partial charge >= 0.3 is 0 Å². The maximum Gasteiger partial charge on any atom is 0.254 e. The maximum atomic E-state index is 14.9. The van der Waals surface area contributed by atoms with E-state index in [1.165, 1.54) is 24.8 Å². The fourth-order valence-corrected chi connectivity index (χ4v) is 8.21. The van der Waals surface area contributed by atoms with Gasteiger partial charge in [-0.2, -0.15) is 5.10 Å². The molecule has 0 aliphatic carbocycles. The van der Waals surface area contributed by atoms with E-state index in [1.807, 2.05) is 40.9 Å². The molecular formula is C45H55N7O4. The van der Waals surface area contributed by atoms with E-state index in [-0.39, 0.29) is 18.5 Å². The Morgan fingerprint density at radius 3 is 2.48 bits per heavy atom. The van der Waals surface area contributed by atoms with Crippen molar-refractivity contribution in [2.45, 2.75) is 91.5 Å². The molecule has 11 nitrogen and oxygen atoms in total. The van der Waals surface area contributed by atoms with Crippen LogP contribution in [0.3, 0.4) is 0 Å². The second-order valence-corrected chi connectivity index (χ2v) is 15.2. The lowest BCUT2D eigenvalue weighted by Gasteiger charge is -2.29. The molecule has 2 saturated heterocycles. The summed E-state index contributed by atoms with van der Waals surface area (Å²) in [5.74, 6) is -0.0127. The molecule has 0 unspecified atom stereocenters. The Balaban J connectivity index is 1.30. The van der Waals surface area contributed by atoms with E-state index in [4.69, 9.17) is 25.3 Å². The van der Waals surface area contributed by atoms with Gasteiger partial charge in [-0.05, 0) is 118 Å². The van der Waals surface area contributed by atoms with Crippen LogP contribution in [0.1, 0.15) is 94.6 Å². The summed E-state index contributed by atoms with van der Waals surface area (Å²) in [6.45, 7) is 11.9. The highest BCUT2D eigenvalue weighted by Crippen LogP contribution is 2.35. The molecule has 0 saturated carbocycles. The number of likely N-dealkylation sites (tertiary alicyclic amines) is 1. The molecule has 3 aromatic carbocycles. The number of nitrogens with zero attached hydrogens (tertiary/aromatic N) is 5. The van der Waals surface area contributed by atoms with Crippen molar-refractivity contribution >= 4 is 28.5 Å². The van der Waals surface area contributed by atoms with Crippen molar-refractivity contribution < 1.29 is 19.1 Å². The van der Waals surface area contributed by atoms with E-state index in [9.17, 15) is 9.59 Å². The number of carbonyl (C=O) groups excluding carboxylic acids is 2. The van der Waals surface area contributed by atoms with Gasteiger partial charge in [0, 0.05) is 66.8 Å². The lowest BCUT2D eigenvalue weighted by molar-refractivity contribution is 0.0729. The third kappa shape index (κ3) is 8.74. The monoisotopic (exact) mass is 757 g/mol. The number of nitrogens with one attached hydrogen (secondary N) is 1. The van der Waals surface area contributed by atoms with Crippen LogP contribution in [-0.2, 0) is 37.3 Å². The summed E-state index contributed by atoms with van der Waals surface area (Å²) in [6, 6.07) is 20.2. The molecule has 2 fully saturated rings. The summed E-state index contributed by atoms with van der Waals surface area (Å²) >= 11 is 0. The zero-order valence-corrected chi connectivity index (χ0v) is 33.3. The van der Waals surface area contributed by atoms with Crippen molar-refractivity contribution in [3.05, 3.63) is 106 Å². The number of fused-ring (bicyclic) bond motifs is 1. The van der Waals surface area contributed by atoms with Crippen LogP contribution in [0, 0.1) is 6.92 Å². The number of pyridine rings is 1. The fraction of sp³-hybridized carbons (Fsp3) is 0.422. The molecule has 0 radical (unpaired) electrons. The zero-order valence-electron chi connectivity index (χ0n) is 33.3. The number of hydrogen-bond acceptors (Lipinski definition) is 8. The molecule has 294 valence electrons. The van der Waals surface area contributed by atoms with Crippen LogP contribution in [-0.4, -0.2) is 75.8 Å². The smallest absolute Gasteiger partial charge is 0.254 e. The molecular weight excluding hydrogens is 703 g/mol. The van der Waals surface area contributed by atoms with Gasteiger partial charge in [0.25, 0.3) is 5.91 Å². The molecule has 2 aliphatic rings. The Labute approximate surface area is 330 Å². The largest absolute Gasteiger partial charge is 0.496 e. The summed E-state index contributed by atoms with van der Waals surface area (Å²) in [5, 5.41) is 9.50. The SMILES string of the molecule is CCc1nc2c(cnn2CC)c(NC2CCOCC2)c1CN(Cc1ccc(OC)c(-c2cccc(CN3CCCCC3)c2)c1)C(=O)c1cc(C)cc(C(N)=O)c1. The minimum absolute atomic E-state index is 0.205. The summed E-state index contributed by atoms with van der Waals surface area (Å²) in [5.41, 5.74) is 15.1. The molecule has 2 amide bonds. The van der Waals surface area contributed by atoms with Crippen LogP contribution in [0.4, 0.5) is 5.69 Å². The number of aryl methyl sites for hydroxylation is 3. The minimum Gasteiger partial charge on any atom is -0.496 e. The number of ether oxygens (including phenoxy) is 2. The van der Waals surface area contributed by atoms with Gasteiger partial charge in [-0.15, -0.1) is 0 Å².